The Bertz CT molecular complexity index is 635. The molecule has 0 radical (unpaired) electrons. The summed E-state index contributed by atoms with van der Waals surface area (Å²) < 4.78 is 14.4. The molecule has 1 aliphatic carbocycles. The third kappa shape index (κ3) is 2.87. The van der Waals surface area contributed by atoms with Gasteiger partial charge in [-0.2, -0.15) is 0 Å². The van der Waals surface area contributed by atoms with Gasteiger partial charge < -0.3 is 0 Å². The van der Waals surface area contributed by atoms with E-state index in [-0.39, 0.29) is 11.4 Å². The average molecular weight is 276 g/mol. The fraction of sp³-hybridized carbons (Fsp3) is 0.286. The zero-order chi connectivity index (χ0) is 13.2. The molecular weight excluding hydrogens is 263 g/mol. The third-order valence-electron chi connectivity index (χ3n) is 3.07. The fourth-order valence-corrected chi connectivity index (χ4v) is 2.86. The van der Waals surface area contributed by atoms with Gasteiger partial charge in [-0.25, -0.2) is 9.37 Å². The second kappa shape index (κ2) is 5.17. The molecule has 0 bridgehead atoms. The second-order valence-electron chi connectivity index (χ2n) is 4.64. The van der Waals surface area contributed by atoms with Crippen LogP contribution in [-0.2, 0) is 0 Å². The molecule has 19 heavy (non-hydrogen) atoms. The van der Waals surface area contributed by atoms with E-state index < -0.39 is 0 Å². The topological polar surface area (TPSA) is 34.9 Å². The third-order valence-corrected chi connectivity index (χ3v) is 4.26. The van der Waals surface area contributed by atoms with Crippen molar-refractivity contribution in [2.24, 2.45) is 5.92 Å². The van der Waals surface area contributed by atoms with Gasteiger partial charge in [-0.05, 0) is 43.0 Å². The van der Waals surface area contributed by atoms with Crippen molar-refractivity contribution in [1.29, 1.82) is 0 Å². The molecule has 98 valence electrons. The van der Waals surface area contributed by atoms with Gasteiger partial charge in [0.2, 0.25) is 0 Å². The number of thioether (sulfide) groups is 1. The summed E-state index contributed by atoms with van der Waals surface area (Å²) in [6.07, 6.45) is 5.73. The molecule has 3 nitrogen and oxygen atoms in total. The molecule has 1 saturated carbocycles. The van der Waals surface area contributed by atoms with Gasteiger partial charge in [0, 0.05) is 23.8 Å². The van der Waals surface area contributed by atoms with E-state index in [9.17, 15) is 9.18 Å². The lowest BCUT2D eigenvalue weighted by Crippen LogP contribution is -2.20. The molecule has 1 fully saturated rings. The van der Waals surface area contributed by atoms with Gasteiger partial charge in [-0.1, -0.05) is 0 Å². The summed E-state index contributed by atoms with van der Waals surface area (Å²) in [6.45, 7) is 0. The van der Waals surface area contributed by atoms with Crippen LogP contribution in [0.3, 0.4) is 0 Å². The molecule has 2 aromatic rings. The van der Waals surface area contributed by atoms with Crippen molar-refractivity contribution >= 4 is 11.8 Å². The van der Waals surface area contributed by atoms with Crippen LogP contribution < -0.4 is 5.56 Å². The Morgan fingerprint density at radius 2 is 2.05 bits per heavy atom. The largest absolute Gasteiger partial charge is 0.287 e. The lowest BCUT2D eigenvalue weighted by molar-refractivity contribution is 0.627. The summed E-state index contributed by atoms with van der Waals surface area (Å²) in [5.41, 5.74) is 0.516. The van der Waals surface area contributed by atoms with Crippen molar-refractivity contribution in [3.05, 3.63) is 52.8 Å². The Hall–Kier alpha value is -1.62. The van der Waals surface area contributed by atoms with E-state index in [2.05, 4.69) is 4.98 Å². The van der Waals surface area contributed by atoms with Crippen LogP contribution in [0.25, 0.3) is 5.69 Å². The molecule has 0 N–H and O–H groups in total. The highest BCUT2D eigenvalue weighted by Gasteiger charge is 2.22. The first-order valence-electron chi connectivity index (χ1n) is 6.20. The molecule has 0 aliphatic heterocycles. The van der Waals surface area contributed by atoms with Crippen LogP contribution in [-0.4, -0.2) is 15.3 Å². The lowest BCUT2D eigenvalue weighted by Gasteiger charge is -2.07. The number of nitrogens with zero attached hydrogens (tertiary/aromatic N) is 2. The van der Waals surface area contributed by atoms with Crippen LogP contribution in [0.5, 0.6) is 0 Å². The van der Waals surface area contributed by atoms with Crippen molar-refractivity contribution in [2.75, 3.05) is 5.75 Å². The zero-order valence-electron chi connectivity index (χ0n) is 10.3. The molecule has 5 heteroatoms. The van der Waals surface area contributed by atoms with E-state index in [1.807, 2.05) is 0 Å². The summed E-state index contributed by atoms with van der Waals surface area (Å²) in [5.74, 6) is 1.38. The molecule has 0 spiro atoms. The van der Waals surface area contributed by atoms with Gasteiger partial charge in [-0.3, -0.25) is 9.36 Å². The Labute approximate surface area is 114 Å². The van der Waals surface area contributed by atoms with E-state index >= 15 is 0 Å². The van der Waals surface area contributed by atoms with Crippen molar-refractivity contribution in [3.8, 4) is 5.69 Å². The minimum Gasteiger partial charge on any atom is -0.280 e. The number of rotatable bonds is 4. The molecule has 0 saturated heterocycles. The van der Waals surface area contributed by atoms with Crippen molar-refractivity contribution in [1.82, 2.24) is 9.55 Å². The maximum absolute atomic E-state index is 12.9. The second-order valence-corrected chi connectivity index (χ2v) is 5.65. The molecule has 1 aliphatic rings. The Kier molecular flexibility index (Phi) is 3.38. The van der Waals surface area contributed by atoms with Crippen molar-refractivity contribution in [2.45, 2.75) is 17.9 Å². The van der Waals surface area contributed by atoms with Crippen LogP contribution in [0.1, 0.15) is 12.8 Å². The van der Waals surface area contributed by atoms with Gasteiger partial charge in [-0.15, -0.1) is 11.8 Å². The first-order valence-corrected chi connectivity index (χ1v) is 7.19. The summed E-state index contributed by atoms with van der Waals surface area (Å²) >= 11 is 1.51. The normalized spacial score (nSPS) is 14.6. The number of benzene rings is 1. The van der Waals surface area contributed by atoms with Crippen LogP contribution in [0.4, 0.5) is 4.39 Å². The van der Waals surface area contributed by atoms with Crippen LogP contribution >= 0.6 is 11.8 Å². The monoisotopic (exact) mass is 276 g/mol. The van der Waals surface area contributed by atoms with E-state index in [1.165, 1.54) is 41.3 Å². The van der Waals surface area contributed by atoms with Crippen molar-refractivity contribution in [3.63, 3.8) is 0 Å². The summed E-state index contributed by atoms with van der Waals surface area (Å²) in [6, 6.07) is 5.87. The zero-order valence-corrected chi connectivity index (χ0v) is 11.1. The minimum absolute atomic E-state index is 0.139. The maximum Gasteiger partial charge on any atom is 0.287 e. The Morgan fingerprint density at radius 1 is 1.32 bits per heavy atom. The summed E-state index contributed by atoms with van der Waals surface area (Å²) in [4.78, 5) is 16.4. The molecule has 0 unspecified atom stereocenters. The molecule has 3 rings (SSSR count). The highest BCUT2D eigenvalue weighted by atomic mass is 32.2. The summed E-state index contributed by atoms with van der Waals surface area (Å²) in [5, 5.41) is 0.513. The average Bonchev–Trinajstić information content (AvgIpc) is 3.23. The maximum atomic E-state index is 12.9. The van der Waals surface area contributed by atoms with Crippen LogP contribution in [0, 0.1) is 11.7 Å². The van der Waals surface area contributed by atoms with E-state index in [0.717, 1.165) is 11.7 Å². The van der Waals surface area contributed by atoms with Gasteiger partial charge in [0.15, 0.2) is 5.03 Å². The van der Waals surface area contributed by atoms with Crippen LogP contribution in [0.15, 0.2) is 46.5 Å². The predicted octanol–water partition coefficient (Wildman–Crippen LogP) is 2.87. The Balaban J connectivity index is 1.90. The molecule has 1 heterocycles. The molecule has 0 amide bonds. The van der Waals surface area contributed by atoms with E-state index in [0.29, 0.717) is 10.7 Å². The highest BCUT2D eigenvalue weighted by Crippen LogP contribution is 2.33. The fourth-order valence-electron chi connectivity index (χ4n) is 1.78. The minimum atomic E-state index is -0.311. The van der Waals surface area contributed by atoms with Crippen molar-refractivity contribution < 1.29 is 4.39 Å². The van der Waals surface area contributed by atoms with Gasteiger partial charge >= 0.3 is 0 Å². The first kappa shape index (κ1) is 12.4. The van der Waals surface area contributed by atoms with Gasteiger partial charge in [0.1, 0.15) is 5.82 Å². The van der Waals surface area contributed by atoms with E-state index in [1.54, 1.807) is 24.5 Å². The smallest absolute Gasteiger partial charge is 0.280 e. The van der Waals surface area contributed by atoms with Gasteiger partial charge in [0.05, 0.1) is 0 Å². The van der Waals surface area contributed by atoms with E-state index in [4.69, 9.17) is 0 Å². The lowest BCUT2D eigenvalue weighted by atomic mass is 10.3. The number of aromatic nitrogens is 2. The molecule has 0 atom stereocenters. The SMILES string of the molecule is O=c1c(SCC2CC2)nccn1-c1ccc(F)cc1. The molecule has 1 aromatic heterocycles. The number of hydrogen-bond acceptors (Lipinski definition) is 3. The first-order chi connectivity index (χ1) is 9.24. The molecular formula is C14H13FN2OS. The highest BCUT2D eigenvalue weighted by molar-refractivity contribution is 7.99. The van der Waals surface area contributed by atoms with Crippen LogP contribution in [0.2, 0.25) is 0 Å². The summed E-state index contributed by atoms with van der Waals surface area (Å²) in [7, 11) is 0. The van der Waals surface area contributed by atoms with Gasteiger partial charge in [0.25, 0.3) is 5.56 Å². The predicted molar refractivity (Wildman–Crippen MR) is 73.2 cm³/mol. The molecule has 1 aromatic carbocycles. The Morgan fingerprint density at radius 3 is 2.74 bits per heavy atom. The number of halogens is 1. The number of hydrogen-bond donors (Lipinski definition) is 0. The standard InChI is InChI=1S/C14H13FN2OS/c15-11-3-5-12(6-4-11)17-8-7-16-13(14(17)18)19-9-10-1-2-10/h3-8,10H,1-2,9H2. The quantitative estimate of drug-likeness (QED) is 0.805.